The molecule has 0 atom stereocenters. The molecule has 0 unspecified atom stereocenters. The molecule has 2 heterocycles. The number of hydrogen-bond acceptors (Lipinski definition) is 3. The van der Waals surface area contributed by atoms with Crippen LogP contribution in [0.4, 0.5) is 11.4 Å². The van der Waals surface area contributed by atoms with Gasteiger partial charge in [0, 0.05) is 18.3 Å². The molecule has 0 amide bonds. The second kappa shape index (κ2) is 5.41. The molecule has 6 nitrogen and oxygen atoms in total. The van der Waals surface area contributed by atoms with Gasteiger partial charge in [0.15, 0.2) is 5.69 Å². The number of H-pyrrole nitrogens is 2. The summed E-state index contributed by atoms with van der Waals surface area (Å²) in [5.74, 6) is 0. The molecular formula is C14H12ClN5O. The van der Waals surface area contributed by atoms with Crippen molar-refractivity contribution in [1.82, 2.24) is 14.8 Å². The van der Waals surface area contributed by atoms with E-state index >= 15 is 0 Å². The van der Waals surface area contributed by atoms with Gasteiger partial charge in [0.2, 0.25) is 0 Å². The van der Waals surface area contributed by atoms with Crippen LogP contribution in [0.15, 0.2) is 57.6 Å². The van der Waals surface area contributed by atoms with E-state index in [0.29, 0.717) is 16.4 Å². The van der Waals surface area contributed by atoms with Crippen LogP contribution >= 0.6 is 11.6 Å². The smallest absolute Gasteiger partial charge is 0.292 e. The fourth-order valence-corrected chi connectivity index (χ4v) is 2.09. The summed E-state index contributed by atoms with van der Waals surface area (Å²) >= 11 is 5.81. The predicted molar refractivity (Wildman–Crippen MR) is 81.4 cm³/mol. The van der Waals surface area contributed by atoms with Crippen molar-refractivity contribution in [2.75, 3.05) is 0 Å². The highest BCUT2D eigenvalue weighted by Crippen LogP contribution is 2.26. The summed E-state index contributed by atoms with van der Waals surface area (Å²) in [7, 11) is 1.89. The van der Waals surface area contributed by atoms with Crippen LogP contribution in [0.3, 0.4) is 0 Å². The highest BCUT2D eigenvalue weighted by molar-refractivity contribution is 6.30. The molecule has 3 aromatic rings. The molecule has 106 valence electrons. The minimum atomic E-state index is -0.316. The Kier molecular flexibility index (Phi) is 3.45. The van der Waals surface area contributed by atoms with E-state index in [1.54, 1.807) is 24.3 Å². The van der Waals surface area contributed by atoms with Crippen molar-refractivity contribution in [3.8, 4) is 11.4 Å². The Morgan fingerprint density at radius 3 is 2.52 bits per heavy atom. The van der Waals surface area contributed by atoms with Gasteiger partial charge in [-0.3, -0.25) is 15.0 Å². The van der Waals surface area contributed by atoms with Crippen molar-refractivity contribution in [1.29, 1.82) is 0 Å². The van der Waals surface area contributed by atoms with Crippen molar-refractivity contribution >= 4 is 23.0 Å². The monoisotopic (exact) mass is 301 g/mol. The van der Waals surface area contributed by atoms with E-state index in [-0.39, 0.29) is 11.2 Å². The second-order valence-electron chi connectivity index (χ2n) is 4.48. The topological polar surface area (TPSA) is 78.3 Å². The maximum absolute atomic E-state index is 11.9. The van der Waals surface area contributed by atoms with Gasteiger partial charge < -0.3 is 4.57 Å². The lowest BCUT2D eigenvalue weighted by Gasteiger charge is -2.00. The normalized spacial score (nSPS) is 11.3. The zero-order valence-electron chi connectivity index (χ0n) is 11.2. The molecule has 0 spiro atoms. The average Bonchev–Trinajstić information content (AvgIpc) is 3.04. The number of azo groups is 1. The molecule has 0 aliphatic carbocycles. The summed E-state index contributed by atoms with van der Waals surface area (Å²) in [6, 6.07) is 10.7. The zero-order valence-corrected chi connectivity index (χ0v) is 11.9. The Balaban J connectivity index is 2.00. The maximum atomic E-state index is 11.9. The van der Waals surface area contributed by atoms with Gasteiger partial charge in [-0.1, -0.05) is 11.6 Å². The summed E-state index contributed by atoms with van der Waals surface area (Å²) in [5.41, 5.74) is 2.00. The zero-order chi connectivity index (χ0) is 14.8. The van der Waals surface area contributed by atoms with Crippen molar-refractivity contribution in [2.45, 2.75) is 0 Å². The molecule has 3 rings (SSSR count). The molecule has 1 aromatic carbocycles. The third kappa shape index (κ3) is 2.66. The van der Waals surface area contributed by atoms with E-state index in [1.807, 2.05) is 29.9 Å². The highest BCUT2D eigenvalue weighted by atomic mass is 35.5. The van der Waals surface area contributed by atoms with Crippen LogP contribution in [0.1, 0.15) is 0 Å². The number of benzene rings is 1. The highest BCUT2D eigenvalue weighted by Gasteiger charge is 2.13. The number of hydrogen-bond donors (Lipinski definition) is 2. The van der Waals surface area contributed by atoms with E-state index in [0.717, 1.165) is 5.69 Å². The number of aromatic nitrogens is 3. The maximum Gasteiger partial charge on any atom is 0.292 e. The van der Waals surface area contributed by atoms with Gasteiger partial charge in [-0.05, 0) is 36.4 Å². The van der Waals surface area contributed by atoms with E-state index in [4.69, 9.17) is 11.6 Å². The van der Waals surface area contributed by atoms with E-state index in [2.05, 4.69) is 20.4 Å². The molecule has 0 aliphatic heterocycles. The van der Waals surface area contributed by atoms with Crippen molar-refractivity contribution in [2.24, 2.45) is 17.3 Å². The van der Waals surface area contributed by atoms with Crippen LogP contribution in [0.25, 0.3) is 11.4 Å². The van der Waals surface area contributed by atoms with E-state index in [9.17, 15) is 4.79 Å². The molecular weight excluding hydrogens is 290 g/mol. The van der Waals surface area contributed by atoms with Crippen molar-refractivity contribution in [3.05, 3.63) is 58.0 Å². The predicted octanol–water partition coefficient (Wildman–Crippen LogP) is 3.78. The summed E-state index contributed by atoms with van der Waals surface area (Å²) in [5, 5.41) is 14.1. The Hall–Kier alpha value is -2.60. The average molecular weight is 302 g/mol. The van der Waals surface area contributed by atoms with Gasteiger partial charge in [-0.25, -0.2) is 0 Å². The van der Waals surface area contributed by atoms with E-state index in [1.165, 1.54) is 0 Å². The van der Waals surface area contributed by atoms with Gasteiger partial charge in [0.1, 0.15) is 5.69 Å². The van der Waals surface area contributed by atoms with Gasteiger partial charge in [0.05, 0.1) is 11.4 Å². The van der Waals surface area contributed by atoms with Crippen LogP contribution in [0.5, 0.6) is 0 Å². The number of aryl methyl sites for hydroxylation is 1. The van der Waals surface area contributed by atoms with E-state index < -0.39 is 0 Å². The number of nitrogens with one attached hydrogen (secondary N) is 2. The summed E-state index contributed by atoms with van der Waals surface area (Å²) in [6.45, 7) is 0. The first-order valence-corrected chi connectivity index (χ1v) is 6.62. The molecule has 21 heavy (non-hydrogen) atoms. The first-order valence-electron chi connectivity index (χ1n) is 6.25. The van der Waals surface area contributed by atoms with Crippen molar-refractivity contribution < 1.29 is 0 Å². The Morgan fingerprint density at radius 2 is 1.86 bits per heavy atom. The Morgan fingerprint density at radius 1 is 1.10 bits per heavy atom. The summed E-state index contributed by atoms with van der Waals surface area (Å²) in [4.78, 5) is 11.9. The van der Waals surface area contributed by atoms with Gasteiger partial charge in [-0.2, -0.15) is 5.11 Å². The largest absolute Gasteiger partial charge is 0.349 e. The fourth-order valence-electron chi connectivity index (χ4n) is 1.97. The third-order valence-electron chi connectivity index (χ3n) is 3.04. The Bertz CT molecular complexity index is 841. The molecule has 0 radical (unpaired) electrons. The van der Waals surface area contributed by atoms with Crippen LogP contribution in [-0.2, 0) is 7.05 Å². The second-order valence-corrected chi connectivity index (χ2v) is 4.92. The number of aromatic amines is 2. The van der Waals surface area contributed by atoms with Crippen LogP contribution in [-0.4, -0.2) is 14.8 Å². The molecule has 0 saturated heterocycles. The van der Waals surface area contributed by atoms with Crippen molar-refractivity contribution in [3.63, 3.8) is 0 Å². The van der Waals surface area contributed by atoms with Gasteiger partial charge in [0.25, 0.3) is 5.56 Å². The van der Waals surface area contributed by atoms with Gasteiger partial charge >= 0.3 is 0 Å². The minimum absolute atomic E-state index is 0.242. The first-order chi connectivity index (χ1) is 10.1. The molecule has 0 aliphatic rings. The molecule has 0 bridgehead atoms. The molecule has 0 fully saturated rings. The first kappa shape index (κ1) is 13.4. The SMILES string of the molecule is Cn1cccc1-c1[nH][nH]c(=O)c1N=Nc1ccc(Cl)cc1. The number of rotatable bonds is 3. The summed E-state index contributed by atoms with van der Waals surface area (Å²) < 4.78 is 1.89. The van der Waals surface area contributed by atoms with Crippen LogP contribution < -0.4 is 5.56 Å². The third-order valence-corrected chi connectivity index (χ3v) is 3.30. The van der Waals surface area contributed by atoms with Crippen LogP contribution in [0.2, 0.25) is 5.02 Å². The van der Waals surface area contributed by atoms with Gasteiger partial charge in [-0.15, -0.1) is 5.11 Å². The Labute approximate surface area is 125 Å². The lowest BCUT2D eigenvalue weighted by atomic mass is 10.3. The lowest BCUT2D eigenvalue weighted by Crippen LogP contribution is -1.96. The fraction of sp³-hybridized carbons (Fsp3) is 0.0714. The molecule has 2 N–H and O–H groups in total. The summed E-state index contributed by atoms with van der Waals surface area (Å²) in [6.07, 6.45) is 1.89. The van der Waals surface area contributed by atoms with Crippen LogP contribution in [0, 0.1) is 0 Å². The molecule has 2 aromatic heterocycles. The lowest BCUT2D eigenvalue weighted by molar-refractivity contribution is 0.925. The number of nitrogens with zero attached hydrogens (tertiary/aromatic N) is 3. The standard InChI is InChI=1S/C14H12ClN5O/c1-20-8-2-3-11(20)12-13(14(21)19-17-12)18-16-10-6-4-9(15)5-7-10/h2-8H,1H3,(H2,17,19,21). The molecule has 7 heteroatoms. The molecule has 0 saturated carbocycles. The minimum Gasteiger partial charge on any atom is -0.349 e. The quantitative estimate of drug-likeness (QED) is 0.709. The number of halogens is 1.